The number of ether oxygens (including phenoxy) is 2. The minimum atomic E-state index is -0.906. The highest BCUT2D eigenvalue weighted by Crippen LogP contribution is 2.33. The second-order valence-corrected chi connectivity index (χ2v) is 7.44. The number of nitro groups is 1. The molecule has 0 spiro atoms. The second kappa shape index (κ2) is 6.61. The number of halogens is 1. The summed E-state index contributed by atoms with van der Waals surface area (Å²) in [5.41, 5.74) is 0.473. The van der Waals surface area contributed by atoms with Gasteiger partial charge in [-0.2, -0.15) is 4.39 Å². The first-order valence-corrected chi connectivity index (χ1v) is 8.56. The van der Waals surface area contributed by atoms with Gasteiger partial charge in [-0.1, -0.05) is 13.8 Å². The van der Waals surface area contributed by atoms with Crippen molar-refractivity contribution in [1.29, 1.82) is 0 Å². The van der Waals surface area contributed by atoms with Gasteiger partial charge in [-0.3, -0.25) is 10.1 Å². The van der Waals surface area contributed by atoms with Gasteiger partial charge in [0.05, 0.1) is 29.7 Å². The third-order valence-electron chi connectivity index (χ3n) is 4.59. The molecule has 2 aromatic rings. The van der Waals surface area contributed by atoms with Gasteiger partial charge in [-0.25, -0.2) is 0 Å². The molecule has 1 aromatic carbocycles. The van der Waals surface area contributed by atoms with E-state index in [1.165, 1.54) is 6.07 Å². The summed E-state index contributed by atoms with van der Waals surface area (Å²) in [6, 6.07) is 4.02. The standard InChI is InChI=1S/C18H23FN2O5/c1-10(2)17(22)16-6-11-5-15(21(23)24)13(19)7-14(11)20(16)8-12-9-25-18(3,4)26-12/h5-7,10,12,17,22H,8-9H2,1-4H3. The summed E-state index contributed by atoms with van der Waals surface area (Å²) in [6.07, 6.45) is -1.06. The van der Waals surface area contributed by atoms with Crippen LogP contribution in [0.1, 0.15) is 39.5 Å². The maximum Gasteiger partial charge on any atom is 0.305 e. The number of aromatic nitrogens is 1. The summed E-state index contributed by atoms with van der Waals surface area (Å²) < 4.78 is 27.4. The molecule has 142 valence electrons. The fraction of sp³-hybridized carbons (Fsp3) is 0.556. The van der Waals surface area contributed by atoms with E-state index in [0.717, 1.165) is 6.07 Å². The number of nitro benzene ring substituents is 1. The Bertz CT molecular complexity index is 846. The molecule has 0 amide bonds. The first-order chi connectivity index (χ1) is 12.1. The summed E-state index contributed by atoms with van der Waals surface area (Å²) in [5, 5.41) is 22.1. The van der Waals surface area contributed by atoms with Gasteiger partial charge in [0.15, 0.2) is 5.79 Å². The Morgan fingerprint density at radius 2 is 2.12 bits per heavy atom. The van der Waals surface area contributed by atoms with Crippen molar-refractivity contribution in [1.82, 2.24) is 4.57 Å². The highest BCUT2D eigenvalue weighted by molar-refractivity contribution is 5.84. The molecule has 1 saturated heterocycles. The van der Waals surface area contributed by atoms with Gasteiger partial charge >= 0.3 is 5.69 Å². The van der Waals surface area contributed by atoms with Crippen LogP contribution in [0.3, 0.4) is 0 Å². The molecule has 1 aromatic heterocycles. The number of nitrogens with zero attached hydrogens (tertiary/aromatic N) is 2. The average Bonchev–Trinajstić information content (AvgIpc) is 3.06. The van der Waals surface area contributed by atoms with Crippen molar-refractivity contribution in [3.63, 3.8) is 0 Å². The van der Waals surface area contributed by atoms with Crippen molar-refractivity contribution in [2.75, 3.05) is 6.61 Å². The third-order valence-corrected chi connectivity index (χ3v) is 4.59. The lowest BCUT2D eigenvalue weighted by Crippen LogP contribution is -2.25. The zero-order valence-corrected chi connectivity index (χ0v) is 15.2. The third kappa shape index (κ3) is 3.44. The van der Waals surface area contributed by atoms with Gasteiger partial charge in [0, 0.05) is 23.2 Å². The Morgan fingerprint density at radius 1 is 1.42 bits per heavy atom. The van der Waals surface area contributed by atoms with Crippen molar-refractivity contribution in [3.05, 3.63) is 39.8 Å². The molecule has 8 heteroatoms. The minimum absolute atomic E-state index is 0.0740. The van der Waals surface area contributed by atoms with Crippen LogP contribution in [-0.2, 0) is 16.0 Å². The molecule has 1 fully saturated rings. The van der Waals surface area contributed by atoms with Crippen molar-refractivity contribution in [2.45, 2.75) is 52.2 Å². The van der Waals surface area contributed by atoms with E-state index >= 15 is 0 Å². The van der Waals surface area contributed by atoms with Crippen molar-refractivity contribution in [3.8, 4) is 0 Å². The largest absolute Gasteiger partial charge is 0.387 e. The van der Waals surface area contributed by atoms with Crippen LogP contribution >= 0.6 is 0 Å². The molecule has 2 heterocycles. The van der Waals surface area contributed by atoms with Gasteiger partial charge in [0.2, 0.25) is 5.82 Å². The van der Waals surface area contributed by atoms with Crippen LogP contribution in [0.5, 0.6) is 0 Å². The predicted molar refractivity (Wildman–Crippen MR) is 93.3 cm³/mol. The molecule has 1 aliphatic heterocycles. The lowest BCUT2D eigenvalue weighted by atomic mass is 10.0. The SMILES string of the molecule is CC(C)C(O)c1cc2cc([N+](=O)[O-])c(F)cc2n1CC1COC(C)(C)O1. The summed E-state index contributed by atoms with van der Waals surface area (Å²) in [7, 11) is 0. The van der Waals surface area contributed by atoms with E-state index < -0.39 is 28.3 Å². The van der Waals surface area contributed by atoms with Crippen molar-refractivity contribution < 1.29 is 23.9 Å². The summed E-state index contributed by atoms with van der Waals surface area (Å²) >= 11 is 0. The van der Waals surface area contributed by atoms with E-state index in [-0.39, 0.29) is 12.0 Å². The van der Waals surface area contributed by atoms with Crippen LogP contribution in [0.4, 0.5) is 10.1 Å². The maximum absolute atomic E-state index is 14.2. The first-order valence-electron chi connectivity index (χ1n) is 8.56. The number of fused-ring (bicyclic) bond motifs is 1. The van der Waals surface area contributed by atoms with Gasteiger partial charge in [0.1, 0.15) is 6.10 Å². The van der Waals surface area contributed by atoms with E-state index in [0.29, 0.717) is 29.7 Å². The zero-order valence-electron chi connectivity index (χ0n) is 15.2. The molecule has 0 radical (unpaired) electrons. The molecule has 3 rings (SSSR count). The summed E-state index contributed by atoms with van der Waals surface area (Å²) in [4.78, 5) is 10.3. The van der Waals surface area contributed by atoms with Crippen LogP contribution in [0.2, 0.25) is 0 Å². The summed E-state index contributed by atoms with van der Waals surface area (Å²) in [5.74, 6) is -1.68. The van der Waals surface area contributed by atoms with Crippen LogP contribution in [0.25, 0.3) is 10.9 Å². The van der Waals surface area contributed by atoms with Gasteiger partial charge < -0.3 is 19.1 Å². The van der Waals surface area contributed by atoms with Crippen LogP contribution in [-0.4, -0.2) is 33.1 Å². The first kappa shape index (κ1) is 18.8. The monoisotopic (exact) mass is 366 g/mol. The number of rotatable bonds is 5. The van der Waals surface area contributed by atoms with E-state index in [1.54, 1.807) is 10.6 Å². The summed E-state index contributed by atoms with van der Waals surface area (Å²) in [6.45, 7) is 8.09. The lowest BCUT2D eigenvalue weighted by molar-refractivity contribution is -0.387. The minimum Gasteiger partial charge on any atom is -0.387 e. The fourth-order valence-electron chi connectivity index (χ4n) is 3.28. The quantitative estimate of drug-likeness (QED) is 0.646. The Hall–Kier alpha value is -2.03. The molecule has 1 aliphatic rings. The molecule has 0 bridgehead atoms. The Morgan fingerprint density at radius 3 is 2.65 bits per heavy atom. The molecule has 0 aliphatic carbocycles. The molecule has 2 atom stereocenters. The van der Waals surface area contributed by atoms with Gasteiger partial charge in [-0.15, -0.1) is 0 Å². The lowest BCUT2D eigenvalue weighted by Gasteiger charge is -2.21. The Kier molecular flexibility index (Phi) is 4.76. The maximum atomic E-state index is 14.2. The molecule has 26 heavy (non-hydrogen) atoms. The fourth-order valence-corrected chi connectivity index (χ4v) is 3.28. The van der Waals surface area contributed by atoms with Gasteiger partial charge in [-0.05, 0) is 25.8 Å². The van der Waals surface area contributed by atoms with E-state index in [2.05, 4.69) is 0 Å². The van der Waals surface area contributed by atoms with Crippen LogP contribution < -0.4 is 0 Å². The molecule has 1 N–H and O–H groups in total. The number of hydrogen-bond acceptors (Lipinski definition) is 5. The topological polar surface area (TPSA) is 86.8 Å². The highest BCUT2D eigenvalue weighted by atomic mass is 19.1. The van der Waals surface area contributed by atoms with Crippen LogP contribution in [0.15, 0.2) is 18.2 Å². The van der Waals surface area contributed by atoms with E-state index in [4.69, 9.17) is 9.47 Å². The average molecular weight is 366 g/mol. The Labute approximate surface area is 150 Å². The Balaban J connectivity index is 2.09. The highest BCUT2D eigenvalue weighted by Gasteiger charge is 2.34. The van der Waals surface area contributed by atoms with E-state index in [9.17, 15) is 19.6 Å². The van der Waals surface area contributed by atoms with Crippen molar-refractivity contribution in [2.24, 2.45) is 5.92 Å². The molecule has 7 nitrogen and oxygen atoms in total. The smallest absolute Gasteiger partial charge is 0.305 e. The molecule has 0 saturated carbocycles. The second-order valence-electron chi connectivity index (χ2n) is 7.44. The normalized spacial score (nSPS) is 20.8. The van der Waals surface area contributed by atoms with Crippen molar-refractivity contribution >= 4 is 16.6 Å². The van der Waals surface area contributed by atoms with E-state index in [1.807, 2.05) is 27.7 Å². The molecule has 2 unspecified atom stereocenters. The number of aliphatic hydroxyl groups is 1. The number of hydrogen-bond donors (Lipinski definition) is 1. The predicted octanol–water partition coefficient (Wildman–Crippen LogP) is 3.53. The molecular weight excluding hydrogens is 343 g/mol. The number of aliphatic hydroxyl groups excluding tert-OH is 1. The number of benzene rings is 1. The van der Waals surface area contributed by atoms with Crippen LogP contribution in [0, 0.1) is 21.8 Å². The molecular formula is C18H23FN2O5. The zero-order chi connectivity index (χ0) is 19.2. The van der Waals surface area contributed by atoms with Gasteiger partial charge in [0.25, 0.3) is 0 Å².